The summed E-state index contributed by atoms with van der Waals surface area (Å²) >= 11 is 0. The summed E-state index contributed by atoms with van der Waals surface area (Å²) in [7, 11) is -3.50. The van der Waals surface area contributed by atoms with E-state index in [1.165, 1.54) is 18.8 Å². The van der Waals surface area contributed by atoms with Crippen LogP contribution in [0.1, 0.15) is 39.5 Å². The molecule has 1 heterocycles. The second-order valence-corrected chi connectivity index (χ2v) is 7.85. The van der Waals surface area contributed by atoms with Crippen LogP contribution in [0.2, 0.25) is 0 Å². The normalized spacial score (nSPS) is 22.9. The van der Waals surface area contributed by atoms with E-state index < -0.39 is 10.0 Å². The third-order valence-corrected chi connectivity index (χ3v) is 5.51. The number of aromatic nitrogens is 2. The van der Waals surface area contributed by atoms with Crippen molar-refractivity contribution >= 4 is 10.0 Å². The van der Waals surface area contributed by atoms with Crippen LogP contribution in [0, 0.1) is 5.41 Å². The lowest BCUT2D eigenvalue weighted by Crippen LogP contribution is -2.46. The van der Waals surface area contributed by atoms with Crippen LogP contribution in [0.3, 0.4) is 0 Å². The van der Waals surface area contributed by atoms with Gasteiger partial charge >= 0.3 is 0 Å². The van der Waals surface area contributed by atoms with Gasteiger partial charge in [-0.3, -0.25) is 4.68 Å². The van der Waals surface area contributed by atoms with E-state index >= 15 is 0 Å². The molecule has 7 heteroatoms. The maximum atomic E-state index is 12.4. The van der Waals surface area contributed by atoms with Crippen LogP contribution in [0.15, 0.2) is 17.3 Å². The fourth-order valence-electron chi connectivity index (χ4n) is 2.71. The standard InChI is InChI=1S/C13H24N4O2S/c1-13(2)6-4-3-5-12(13)16-20(18,19)11-9-15-17(10-11)8-7-14/h9-10,12,16H,3-8,14H2,1-2H3. The van der Waals surface area contributed by atoms with Crippen LogP contribution in [-0.2, 0) is 16.6 Å². The Morgan fingerprint density at radius 1 is 1.50 bits per heavy atom. The van der Waals surface area contributed by atoms with Gasteiger partial charge in [-0.15, -0.1) is 0 Å². The van der Waals surface area contributed by atoms with Crippen LogP contribution in [0.25, 0.3) is 0 Å². The number of hydrogen-bond acceptors (Lipinski definition) is 4. The molecule has 114 valence electrons. The van der Waals surface area contributed by atoms with Crippen LogP contribution >= 0.6 is 0 Å². The van der Waals surface area contributed by atoms with E-state index in [1.807, 2.05) is 0 Å². The average Bonchev–Trinajstić information content (AvgIpc) is 2.82. The molecule has 0 saturated heterocycles. The Bertz CT molecular complexity index is 550. The molecule has 20 heavy (non-hydrogen) atoms. The van der Waals surface area contributed by atoms with Crippen molar-refractivity contribution in [2.75, 3.05) is 6.54 Å². The number of nitrogens with two attached hydrogens (primary N) is 1. The molecule has 2 rings (SSSR count). The van der Waals surface area contributed by atoms with Gasteiger partial charge < -0.3 is 5.73 Å². The van der Waals surface area contributed by atoms with Crippen LogP contribution in [0.5, 0.6) is 0 Å². The molecule has 0 bridgehead atoms. The largest absolute Gasteiger partial charge is 0.329 e. The van der Waals surface area contributed by atoms with E-state index in [4.69, 9.17) is 5.73 Å². The van der Waals surface area contributed by atoms with Crippen molar-refractivity contribution in [1.29, 1.82) is 0 Å². The Morgan fingerprint density at radius 2 is 2.25 bits per heavy atom. The first-order valence-electron chi connectivity index (χ1n) is 7.10. The highest BCUT2D eigenvalue weighted by molar-refractivity contribution is 7.89. The van der Waals surface area contributed by atoms with Crippen molar-refractivity contribution in [2.45, 2.75) is 57.0 Å². The molecule has 1 fully saturated rings. The Morgan fingerprint density at radius 3 is 2.90 bits per heavy atom. The molecular formula is C13H24N4O2S. The number of sulfonamides is 1. The summed E-state index contributed by atoms with van der Waals surface area (Å²) in [4.78, 5) is 0.215. The molecule has 0 radical (unpaired) electrons. The Balaban J connectivity index is 2.13. The van der Waals surface area contributed by atoms with Gasteiger partial charge in [0.1, 0.15) is 4.90 Å². The lowest BCUT2D eigenvalue weighted by molar-refractivity contribution is 0.188. The first kappa shape index (κ1) is 15.5. The molecule has 1 aromatic heterocycles. The molecule has 6 nitrogen and oxygen atoms in total. The highest BCUT2D eigenvalue weighted by Crippen LogP contribution is 2.36. The maximum absolute atomic E-state index is 12.4. The molecule has 1 aliphatic carbocycles. The molecule has 1 atom stereocenters. The van der Waals surface area contributed by atoms with E-state index in [-0.39, 0.29) is 16.4 Å². The zero-order chi connectivity index (χ0) is 14.8. The Labute approximate surface area is 120 Å². The summed E-state index contributed by atoms with van der Waals surface area (Å²) in [5.41, 5.74) is 5.44. The minimum absolute atomic E-state index is 0.00142. The van der Waals surface area contributed by atoms with E-state index in [0.717, 1.165) is 19.3 Å². The predicted molar refractivity (Wildman–Crippen MR) is 77.6 cm³/mol. The van der Waals surface area contributed by atoms with Gasteiger partial charge in [-0.2, -0.15) is 5.10 Å². The van der Waals surface area contributed by atoms with E-state index in [2.05, 4.69) is 23.7 Å². The van der Waals surface area contributed by atoms with Crippen molar-refractivity contribution in [2.24, 2.45) is 11.1 Å². The molecule has 1 aromatic rings. The minimum Gasteiger partial charge on any atom is -0.329 e. The number of nitrogens with zero attached hydrogens (tertiary/aromatic N) is 2. The number of rotatable bonds is 5. The Hall–Kier alpha value is -0.920. The van der Waals surface area contributed by atoms with Crippen LogP contribution in [0.4, 0.5) is 0 Å². The SMILES string of the molecule is CC1(C)CCCCC1NS(=O)(=O)c1cnn(CCN)c1. The monoisotopic (exact) mass is 300 g/mol. The van der Waals surface area contributed by atoms with Crippen molar-refractivity contribution in [3.63, 3.8) is 0 Å². The predicted octanol–water partition coefficient (Wildman–Crippen LogP) is 1.09. The molecule has 0 amide bonds. The second kappa shape index (κ2) is 5.83. The van der Waals surface area contributed by atoms with Crippen LogP contribution in [-0.4, -0.2) is 30.8 Å². The van der Waals surface area contributed by atoms with E-state index in [9.17, 15) is 8.42 Å². The molecule has 1 aliphatic rings. The van der Waals surface area contributed by atoms with Gasteiger partial charge in [-0.25, -0.2) is 13.1 Å². The third-order valence-electron chi connectivity index (χ3n) is 4.08. The first-order chi connectivity index (χ1) is 9.35. The van der Waals surface area contributed by atoms with Crippen molar-refractivity contribution < 1.29 is 8.42 Å². The van der Waals surface area contributed by atoms with Crippen molar-refractivity contribution in [3.8, 4) is 0 Å². The lowest BCUT2D eigenvalue weighted by Gasteiger charge is -2.38. The summed E-state index contributed by atoms with van der Waals surface area (Å²) in [6.07, 6.45) is 7.09. The lowest BCUT2D eigenvalue weighted by atomic mass is 9.74. The summed E-state index contributed by atoms with van der Waals surface area (Å²) in [6.45, 7) is 5.20. The van der Waals surface area contributed by atoms with E-state index in [1.54, 1.807) is 4.68 Å². The zero-order valence-electron chi connectivity index (χ0n) is 12.2. The smallest absolute Gasteiger partial charge is 0.243 e. The molecule has 0 spiro atoms. The van der Waals surface area contributed by atoms with Crippen molar-refractivity contribution in [1.82, 2.24) is 14.5 Å². The summed E-state index contributed by atoms with van der Waals surface area (Å²) in [5, 5.41) is 4.02. The van der Waals surface area contributed by atoms with Gasteiger partial charge in [-0.05, 0) is 18.3 Å². The maximum Gasteiger partial charge on any atom is 0.243 e. The molecule has 1 saturated carbocycles. The zero-order valence-corrected chi connectivity index (χ0v) is 13.0. The fourth-order valence-corrected chi connectivity index (χ4v) is 4.10. The number of nitrogens with one attached hydrogen (secondary N) is 1. The van der Waals surface area contributed by atoms with Crippen molar-refractivity contribution in [3.05, 3.63) is 12.4 Å². The quantitative estimate of drug-likeness (QED) is 0.851. The van der Waals surface area contributed by atoms with E-state index in [0.29, 0.717) is 13.1 Å². The topological polar surface area (TPSA) is 90.0 Å². The third kappa shape index (κ3) is 3.39. The molecule has 0 aromatic carbocycles. The highest BCUT2D eigenvalue weighted by atomic mass is 32.2. The summed E-state index contributed by atoms with van der Waals surface area (Å²) < 4.78 is 29.2. The number of hydrogen-bond donors (Lipinski definition) is 2. The first-order valence-corrected chi connectivity index (χ1v) is 8.58. The average molecular weight is 300 g/mol. The molecule has 3 N–H and O–H groups in total. The fraction of sp³-hybridized carbons (Fsp3) is 0.769. The van der Waals surface area contributed by atoms with Gasteiger partial charge in [0.05, 0.1) is 12.7 Å². The molecule has 0 aliphatic heterocycles. The molecule has 1 unspecified atom stereocenters. The van der Waals surface area contributed by atoms with Gasteiger partial charge in [0.2, 0.25) is 10.0 Å². The summed E-state index contributed by atoms with van der Waals surface area (Å²) in [5.74, 6) is 0. The second-order valence-electron chi connectivity index (χ2n) is 6.14. The summed E-state index contributed by atoms with van der Waals surface area (Å²) in [6, 6.07) is -0.0147. The van der Waals surface area contributed by atoms with Crippen LogP contribution < -0.4 is 10.5 Å². The minimum atomic E-state index is -3.50. The van der Waals surface area contributed by atoms with Gasteiger partial charge in [0, 0.05) is 18.8 Å². The molecular weight excluding hydrogens is 276 g/mol. The highest BCUT2D eigenvalue weighted by Gasteiger charge is 2.35. The van der Waals surface area contributed by atoms with Gasteiger partial charge in [-0.1, -0.05) is 26.7 Å². The van der Waals surface area contributed by atoms with Gasteiger partial charge in [0.15, 0.2) is 0 Å². The Kier molecular flexibility index (Phi) is 4.51. The van der Waals surface area contributed by atoms with Gasteiger partial charge in [0.25, 0.3) is 0 Å².